The van der Waals surface area contributed by atoms with E-state index in [1.165, 1.54) is 0 Å². The van der Waals surface area contributed by atoms with Crippen LogP contribution in [0.15, 0.2) is 12.1 Å². The van der Waals surface area contributed by atoms with Crippen LogP contribution in [0.5, 0.6) is 0 Å². The molecule has 1 fully saturated rings. The van der Waals surface area contributed by atoms with Crippen molar-refractivity contribution in [2.45, 2.75) is 25.6 Å². The van der Waals surface area contributed by atoms with Crippen LogP contribution >= 0.6 is 11.6 Å². The molecule has 2 rings (SSSR count). The molecule has 0 aliphatic carbocycles. The normalized spacial score (nSPS) is 22.3. The second-order valence-electron chi connectivity index (χ2n) is 4.78. The zero-order valence-corrected chi connectivity index (χ0v) is 12.7. The number of pyridine rings is 1. The van der Waals surface area contributed by atoms with Crippen LogP contribution in [0.2, 0.25) is 5.15 Å². The summed E-state index contributed by atoms with van der Waals surface area (Å²) >= 11 is 5.96. The quantitative estimate of drug-likeness (QED) is 0.795. The van der Waals surface area contributed by atoms with E-state index in [4.69, 9.17) is 21.1 Å². The Balaban J connectivity index is 2.18. The van der Waals surface area contributed by atoms with Crippen LogP contribution in [-0.4, -0.2) is 55.3 Å². The van der Waals surface area contributed by atoms with Crippen molar-refractivity contribution >= 4 is 17.5 Å². The van der Waals surface area contributed by atoms with Crippen LogP contribution in [0.25, 0.3) is 0 Å². The third-order valence-corrected chi connectivity index (χ3v) is 3.76. The molecule has 2 heterocycles. The van der Waals surface area contributed by atoms with Gasteiger partial charge in [0.2, 0.25) is 0 Å². The Bertz CT molecular complexity index is 483. The van der Waals surface area contributed by atoms with E-state index in [1.54, 1.807) is 31.3 Å². The highest BCUT2D eigenvalue weighted by Gasteiger charge is 2.35. The SMILES string of the molecule is CCc1cc(C(=O)N2CC(OC)C(OC)C2)cc(Cl)n1. The fourth-order valence-electron chi connectivity index (χ4n) is 2.40. The smallest absolute Gasteiger partial charge is 0.254 e. The molecular formula is C14H19ClN2O3. The van der Waals surface area contributed by atoms with Gasteiger partial charge in [0.25, 0.3) is 5.91 Å². The zero-order valence-electron chi connectivity index (χ0n) is 11.9. The van der Waals surface area contributed by atoms with Gasteiger partial charge in [0, 0.05) is 38.6 Å². The molecular weight excluding hydrogens is 280 g/mol. The van der Waals surface area contributed by atoms with Gasteiger partial charge in [-0.05, 0) is 18.6 Å². The van der Waals surface area contributed by atoms with Gasteiger partial charge < -0.3 is 14.4 Å². The summed E-state index contributed by atoms with van der Waals surface area (Å²) in [6.07, 6.45) is 0.557. The average Bonchev–Trinajstić information content (AvgIpc) is 2.88. The lowest BCUT2D eigenvalue weighted by atomic mass is 10.2. The molecule has 0 bridgehead atoms. The predicted molar refractivity (Wildman–Crippen MR) is 76.1 cm³/mol. The van der Waals surface area contributed by atoms with Gasteiger partial charge in [-0.1, -0.05) is 18.5 Å². The minimum absolute atomic E-state index is 0.0643. The van der Waals surface area contributed by atoms with E-state index in [0.29, 0.717) is 23.8 Å². The molecule has 110 valence electrons. The second kappa shape index (κ2) is 6.52. The molecule has 2 atom stereocenters. The Morgan fingerprint density at radius 1 is 1.35 bits per heavy atom. The molecule has 6 heteroatoms. The molecule has 0 radical (unpaired) electrons. The molecule has 0 spiro atoms. The molecule has 5 nitrogen and oxygen atoms in total. The number of aryl methyl sites for hydroxylation is 1. The minimum atomic E-state index is -0.0908. The van der Waals surface area contributed by atoms with Gasteiger partial charge in [-0.2, -0.15) is 0 Å². The highest BCUT2D eigenvalue weighted by molar-refractivity contribution is 6.29. The lowest BCUT2D eigenvalue weighted by Gasteiger charge is -2.16. The summed E-state index contributed by atoms with van der Waals surface area (Å²) in [7, 11) is 3.26. The molecule has 20 heavy (non-hydrogen) atoms. The highest BCUT2D eigenvalue weighted by atomic mass is 35.5. The second-order valence-corrected chi connectivity index (χ2v) is 5.17. The van der Waals surface area contributed by atoms with Gasteiger partial charge in [0.05, 0.1) is 0 Å². The van der Waals surface area contributed by atoms with Crippen molar-refractivity contribution in [3.05, 3.63) is 28.5 Å². The number of rotatable bonds is 4. The van der Waals surface area contributed by atoms with Crippen molar-refractivity contribution in [3.8, 4) is 0 Å². The summed E-state index contributed by atoms with van der Waals surface area (Å²) in [5.74, 6) is -0.0643. The summed E-state index contributed by atoms with van der Waals surface area (Å²) in [6.45, 7) is 3.02. The molecule has 1 aromatic heterocycles. The Hall–Kier alpha value is -1.17. The maximum Gasteiger partial charge on any atom is 0.254 e. The predicted octanol–water partition coefficient (Wildman–Crippen LogP) is 1.78. The lowest BCUT2D eigenvalue weighted by Crippen LogP contribution is -2.30. The van der Waals surface area contributed by atoms with Gasteiger partial charge in [0.15, 0.2) is 0 Å². The molecule has 0 aromatic carbocycles. The van der Waals surface area contributed by atoms with E-state index in [9.17, 15) is 4.79 Å². The molecule has 1 amide bonds. The summed E-state index contributed by atoms with van der Waals surface area (Å²) in [4.78, 5) is 18.4. The molecule has 1 saturated heterocycles. The van der Waals surface area contributed by atoms with Crippen LogP contribution in [0.3, 0.4) is 0 Å². The third kappa shape index (κ3) is 3.11. The number of amides is 1. The fraction of sp³-hybridized carbons (Fsp3) is 0.571. The standard InChI is InChI=1S/C14H19ClN2O3/c1-4-10-5-9(6-13(15)16-10)14(18)17-7-11(19-2)12(8-17)20-3/h5-6,11-12H,4,7-8H2,1-3H3. The van der Waals surface area contributed by atoms with E-state index in [-0.39, 0.29) is 18.1 Å². The third-order valence-electron chi connectivity index (χ3n) is 3.56. The molecule has 2 unspecified atom stereocenters. The lowest BCUT2D eigenvalue weighted by molar-refractivity contribution is -0.00461. The van der Waals surface area contributed by atoms with E-state index in [2.05, 4.69) is 4.98 Å². The first-order valence-corrected chi connectivity index (χ1v) is 6.98. The van der Waals surface area contributed by atoms with Gasteiger partial charge >= 0.3 is 0 Å². The van der Waals surface area contributed by atoms with E-state index in [0.717, 1.165) is 12.1 Å². The first-order valence-electron chi connectivity index (χ1n) is 6.60. The molecule has 0 N–H and O–H groups in total. The van der Waals surface area contributed by atoms with E-state index in [1.807, 2.05) is 6.92 Å². The first kappa shape index (κ1) is 15.2. The Kier molecular flexibility index (Phi) is 4.96. The molecule has 1 aliphatic rings. The van der Waals surface area contributed by atoms with Crippen LogP contribution in [0, 0.1) is 0 Å². The van der Waals surface area contributed by atoms with Crippen molar-refractivity contribution in [1.29, 1.82) is 0 Å². The fourth-order valence-corrected chi connectivity index (χ4v) is 2.63. The van der Waals surface area contributed by atoms with Crippen molar-refractivity contribution in [3.63, 3.8) is 0 Å². The van der Waals surface area contributed by atoms with Crippen LogP contribution < -0.4 is 0 Å². The van der Waals surface area contributed by atoms with Crippen LogP contribution in [0.1, 0.15) is 23.0 Å². The van der Waals surface area contributed by atoms with E-state index < -0.39 is 0 Å². The van der Waals surface area contributed by atoms with E-state index >= 15 is 0 Å². The summed E-state index contributed by atoms with van der Waals surface area (Å²) in [5.41, 5.74) is 1.38. The number of hydrogen-bond donors (Lipinski definition) is 0. The van der Waals surface area contributed by atoms with Crippen molar-refractivity contribution in [1.82, 2.24) is 9.88 Å². The molecule has 1 aliphatic heterocycles. The molecule has 0 saturated carbocycles. The van der Waals surface area contributed by atoms with Gasteiger partial charge in [-0.25, -0.2) is 4.98 Å². The number of aromatic nitrogens is 1. The summed E-state index contributed by atoms with van der Waals surface area (Å²) in [6, 6.07) is 3.39. The zero-order chi connectivity index (χ0) is 14.7. The maximum absolute atomic E-state index is 12.5. The summed E-state index contributed by atoms with van der Waals surface area (Å²) < 4.78 is 10.7. The van der Waals surface area contributed by atoms with Gasteiger partial charge in [-0.3, -0.25) is 4.79 Å². The highest BCUT2D eigenvalue weighted by Crippen LogP contribution is 2.20. The minimum Gasteiger partial charge on any atom is -0.377 e. The largest absolute Gasteiger partial charge is 0.377 e. The number of carbonyl (C=O) groups excluding carboxylic acids is 1. The van der Waals surface area contributed by atoms with Crippen LogP contribution in [0.4, 0.5) is 0 Å². The maximum atomic E-state index is 12.5. The Morgan fingerprint density at radius 2 is 1.95 bits per heavy atom. The Labute approximate surface area is 123 Å². The van der Waals surface area contributed by atoms with Crippen LogP contribution in [-0.2, 0) is 15.9 Å². The van der Waals surface area contributed by atoms with Crippen molar-refractivity contribution in [2.24, 2.45) is 0 Å². The number of nitrogens with zero attached hydrogens (tertiary/aromatic N) is 2. The number of methoxy groups -OCH3 is 2. The van der Waals surface area contributed by atoms with Crippen molar-refractivity contribution < 1.29 is 14.3 Å². The number of carbonyl (C=O) groups is 1. The first-order chi connectivity index (χ1) is 9.58. The number of halogens is 1. The summed E-state index contributed by atoms with van der Waals surface area (Å²) in [5, 5.41) is 0.346. The van der Waals surface area contributed by atoms with Crippen molar-refractivity contribution in [2.75, 3.05) is 27.3 Å². The number of ether oxygens (including phenoxy) is 2. The topological polar surface area (TPSA) is 51.7 Å². The number of hydrogen-bond acceptors (Lipinski definition) is 4. The Morgan fingerprint density at radius 3 is 2.45 bits per heavy atom. The van der Waals surface area contributed by atoms with Gasteiger partial charge in [0.1, 0.15) is 17.4 Å². The number of likely N-dealkylation sites (tertiary alicyclic amines) is 1. The monoisotopic (exact) mass is 298 g/mol. The van der Waals surface area contributed by atoms with Gasteiger partial charge in [-0.15, -0.1) is 0 Å². The average molecular weight is 299 g/mol. The molecule has 1 aromatic rings.